The number of carbonyl (C=O) groups is 1. The third kappa shape index (κ3) is 2.42. The molecule has 106 valence electrons. The average molecular weight is 349 g/mol. The molecule has 0 radical (unpaired) electrons. The zero-order chi connectivity index (χ0) is 15.0. The number of nitrogens with zero attached hydrogens (tertiary/aromatic N) is 1. The van der Waals surface area contributed by atoms with E-state index in [1.807, 2.05) is 0 Å². The number of ether oxygens (including phenoxy) is 1. The minimum absolute atomic E-state index is 0.106. The second-order valence-corrected chi connectivity index (χ2v) is 5.35. The first-order valence-corrected chi connectivity index (χ1v) is 6.90. The second-order valence-electron chi connectivity index (χ2n) is 4.43. The number of hydrogen-bond acceptors (Lipinski definition) is 3. The smallest absolute Gasteiger partial charge is 0.195 e. The summed E-state index contributed by atoms with van der Waals surface area (Å²) in [7, 11) is 1.38. The molecule has 0 aliphatic rings. The van der Waals surface area contributed by atoms with Crippen LogP contribution in [0.2, 0.25) is 0 Å². The van der Waals surface area contributed by atoms with Crippen molar-refractivity contribution in [2.75, 3.05) is 7.11 Å². The lowest BCUT2D eigenvalue weighted by atomic mass is 10.0. The van der Waals surface area contributed by atoms with Crippen LogP contribution in [0.4, 0.5) is 4.39 Å². The molecule has 0 fully saturated rings. The summed E-state index contributed by atoms with van der Waals surface area (Å²) in [6, 6.07) is 5.94. The highest BCUT2D eigenvalue weighted by Gasteiger charge is 2.16. The maximum absolute atomic E-state index is 13.7. The van der Waals surface area contributed by atoms with Crippen LogP contribution in [-0.2, 0) is 0 Å². The highest BCUT2D eigenvalue weighted by Crippen LogP contribution is 2.25. The molecular formula is C15H10BrFN2O2. The Morgan fingerprint density at radius 2 is 2.19 bits per heavy atom. The number of pyridine rings is 1. The van der Waals surface area contributed by atoms with Crippen molar-refractivity contribution in [2.24, 2.45) is 0 Å². The molecule has 0 amide bonds. The van der Waals surface area contributed by atoms with Crippen LogP contribution in [-0.4, -0.2) is 22.9 Å². The van der Waals surface area contributed by atoms with E-state index in [2.05, 4.69) is 25.9 Å². The van der Waals surface area contributed by atoms with E-state index in [4.69, 9.17) is 4.74 Å². The number of aromatic amines is 1. The van der Waals surface area contributed by atoms with Gasteiger partial charge in [0.05, 0.1) is 7.11 Å². The van der Waals surface area contributed by atoms with Gasteiger partial charge in [-0.1, -0.05) is 0 Å². The third-order valence-electron chi connectivity index (χ3n) is 3.16. The van der Waals surface area contributed by atoms with E-state index in [-0.39, 0.29) is 17.1 Å². The number of aromatic nitrogens is 2. The fourth-order valence-electron chi connectivity index (χ4n) is 2.13. The summed E-state index contributed by atoms with van der Waals surface area (Å²) in [6.45, 7) is 0. The van der Waals surface area contributed by atoms with Gasteiger partial charge in [-0.2, -0.15) is 0 Å². The summed E-state index contributed by atoms with van der Waals surface area (Å²) in [5, 5.41) is 0.686. The van der Waals surface area contributed by atoms with Gasteiger partial charge in [-0.25, -0.2) is 9.37 Å². The van der Waals surface area contributed by atoms with Crippen LogP contribution in [0.5, 0.6) is 5.75 Å². The summed E-state index contributed by atoms with van der Waals surface area (Å²) >= 11 is 3.32. The number of benzene rings is 1. The van der Waals surface area contributed by atoms with Crippen LogP contribution in [0.25, 0.3) is 11.0 Å². The van der Waals surface area contributed by atoms with Gasteiger partial charge in [0, 0.05) is 33.4 Å². The Kier molecular flexibility index (Phi) is 3.47. The minimum atomic E-state index is -0.567. The lowest BCUT2D eigenvalue weighted by Gasteiger charge is -2.04. The first-order chi connectivity index (χ1) is 10.1. The van der Waals surface area contributed by atoms with Crippen molar-refractivity contribution in [1.82, 2.24) is 9.97 Å². The van der Waals surface area contributed by atoms with Gasteiger partial charge in [-0.15, -0.1) is 0 Å². The minimum Gasteiger partial charge on any atom is -0.494 e. The number of fused-ring (bicyclic) bond motifs is 1. The highest BCUT2D eigenvalue weighted by atomic mass is 79.9. The molecule has 3 aromatic rings. The van der Waals surface area contributed by atoms with Gasteiger partial charge in [0.25, 0.3) is 0 Å². The number of rotatable bonds is 3. The van der Waals surface area contributed by atoms with E-state index in [1.165, 1.54) is 25.3 Å². The first kappa shape index (κ1) is 13.8. The maximum Gasteiger partial charge on any atom is 0.195 e. The standard InChI is InChI=1S/C15H10BrFN2O2/c1-21-13-3-2-8(4-12(13)17)14(20)11-7-19-15-10(11)5-9(16)6-18-15/h2-7H,1H3,(H,18,19). The van der Waals surface area contributed by atoms with Gasteiger partial charge >= 0.3 is 0 Å². The predicted octanol–water partition coefficient (Wildman–Crippen LogP) is 3.70. The van der Waals surface area contributed by atoms with Crippen LogP contribution >= 0.6 is 15.9 Å². The molecule has 1 aromatic carbocycles. The predicted molar refractivity (Wildman–Crippen MR) is 80.2 cm³/mol. The molecule has 3 rings (SSSR count). The Morgan fingerprint density at radius 1 is 1.38 bits per heavy atom. The monoisotopic (exact) mass is 348 g/mol. The summed E-state index contributed by atoms with van der Waals surface area (Å²) in [6.07, 6.45) is 3.22. The van der Waals surface area contributed by atoms with E-state index in [9.17, 15) is 9.18 Å². The van der Waals surface area contributed by atoms with Gasteiger partial charge in [0.1, 0.15) is 5.65 Å². The number of methoxy groups -OCH3 is 1. The van der Waals surface area contributed by atoms with E-state index in [0.29, 0.717) is 16.6 Å². The Bertz CT molecular complexity index is 845. The van der Waals surface area contributed by atoms with Crippen molar-refractivity contribution in [1.29, 1.82) is 0 Å². The molecule has 0 atom stereocenters. The van der Waals surface area contributed by atoms with E-state index < -0.39 is 5.82 Å². The quantitative estimate of drug-likeness (QED) is 0.734. The van der Waals surface area contributed by atoms with Crippen LogP contribution < -0.4 is 4.74 Å². The van der Waals surface area contributed by atoms with E-state index >= 15 is 0 Å². The zero-order valence-electron chi connectivity index (χ0n) is 11.0. The van der Waals surface area contributed by atoms with Gasteiger partial charge in [0.15, 0.2) is 17.3 Å². The molecule has 0 spiro atoms. The number of ketones is 1. The molecular weight excluding hydrogens is 339 g/mol. The average Bonchev–Trinajstić information content (AvgIpc) is 2.89. The van der Waals surface area contributed by atoms with Crippen molar-refractivity contribution in [3.05, 3.63) is 58.1 Å². The largest absolute Gasteiger partial charge is 0.494 e. The van der Waals surface area contributed by atoms with Crippen molar-refractivity contribution < 1.29 is 13.9 Å². The number of halogens is 2. The van der Waals surface area contributed by atoms with Crippen LogP contribution in [0.1, 0.15) is 15.9 Å². The molecule has 0 aliphatic heterocycles. The van der Waals surface area contributed by atoms with Gasteiger partial charge < -0.3 is 9.72 Å². The fraction of sp³-hybridized carbons (Fsp3) is 0.0667. The van der Waals surface area contributed by atoms with Crippen LogP contribution in [0.15, 0.2) is 41.1 Å². The third-order valence-corrected chi connectivity index (χ3v) is 3.59. The van der Waals surface area contributed by atoms with E-state index in [1.54, 1.807) is 18.5 Å². The molecule has 0 saturated heterocycles. The molecule has 0 saturated carbocycles. The molecule has 0 aliphatic carbocycles. The Morgan fingerprint density at radius 3 is 2.90 bits per heavy atom. The molecule has 1 N–H and O–H groups in total. The topological polar surface area (TPSA) is 55.0 Å². The maximum atomic E-state index is 13.7. The summed E-state index contributed by atoms with van der Waals surface area (Å²) < 4.78 is 19.3. The Labute approximate surface area is 128 Å². The number of carbonyl (C=O) groups excluding carboxylic acids is 1. The lowest BCUT2D eigenvalue weighted by Crippen LogP contribution is -2.02. The fourth-order valence-corrected chi connectivity index (χ4v) is 2.46. The Balaban J connectivity index is 2.08. The molecule has 2 heterocycles. The Hall–Kier alpha value is -2.21. The van der Waals surface area contributed by atoms with Gasteiger partial charge in [-0.05, 0) is 40.2 Å². The van der Waals surface area contributed by atoms with Gasteiger partial charge in [0.2, 0.25) is 0 Å². The summed E-state index contributed by atoms with van der Waals surface area (Å²) in [4.78, 5) is 19.6. The molecule has 0 bridgehead atoms. The lowest BCUT2D eigenvalue weighted by molar-refractivity contribution is 0.104. The number of nitrogens with one attached hydrogen (secondary N) is 1. The zero-order valence-corrected chi connectivity index (χ0v) is 12.6. The van der Waals surface area contributed by atoms with Crippen molar-refractivity contribution in [2.45, 2.75) is 0 Å². The molecule has 4 nitrogen and oxygen atoms in total. The van der Waals surface area contributed by atoms with Crippen molar-refractivity contribution in [3.63, 3.8) is 0 Å². The summed E-state index contributed by atoms with van der Waals surface area (Å²) in [5.41, 5.74) is 1.31. The van der Waals surface area contributed by atoms with Crippen LogP contribution in [0.3, 0.4) is 0 Å². The van der Waals surface area contributed by atoms with Gasteiger partial charge in [-0.3, -0.25) is 4.79 Å². The SMILES string of the molecule is COc1ccc(C(=O)c2c[nH]c3ncc(Br)cc23)cc1F. The first-order valence-electron chi connectivity index (χ1n) is 6.11. The highest BCUT2D eigenvalue weighted by molar-refractivity contribution is 9.10. The van der Waals surface area contributed by atoms with Crippen molar-refractivity contribution >= 4 is 32.7 Å². The van der Waals surface area contributed by atoms with Crippen molar-refractivity contribution in [3.8, 4) is 5.75 Å². The normalized spacial score (nSPS) is 10.8. The molecule has 21 heavy (non-hydrogen) atoms. The molecule has 2 aromatic heterocycles. The summed E-state index contributed by atoms with van der Waals surface area (Å²) in [5.74, 6) is -0.736. The van der Waals surface area contributed by atoms with Crippen LogP contribution in [0, 0.1) is 5.82 Å². The second kappa shape index (κ2) is 5.29. The molecule has 0 unspecified atom stereocenters. The van der Waals surface area contributed by atoms with E-state index in [0.717, 1.165) is 4.47 Å². The number of hydrogen-bond donors (Lipinski definition) is 1. The molecule has 6 heteroatoms. The number of H-pyrrole nitrogens is 1.